The molecule has 11 aromatic carbocycles. The minimum absolute atomic E-state index is 0.000943. The summed E-state index contributed by atoms with van der Waals surface area (Å²) in [5, 5.41) is 3.24. The standard InChI is InChI=1S/C23H20ClNO.C16H12BrClO.C16H12Cl2O.C16H13ClO.C9H7Cl.C9H10O/c1-25(17-19-8-4-2-5-9-19)22(16-18-12-14-21(24)15-13-18)23(26)20-10-6-3-7-11-20;2*17-11-14(10-12-6-8-15(18)9-7-12)16(19)13-4-2-1-3-5-13;1-12(11-13-7-9-15(17)10-8-13)16(18)14-5-3-2-4-6-14;10-8-4-7-9-5-2-1-3-6-9;1-2-9(10)8-6-4-3-5-7-8/h2-16H,17H2,1H3;2*1-10H,11H2;2-11H,1H3;1-3,5-6H,8H2;3-7H,2H2,1H3/b22-16-;2*14-10+;12-11+;;. The second kappa shape index (κ2) is 45.9. The van der Waals surface area contributed by atoms with Crippen LogP contribution in [-0.2, 0) is 6.54 Å². The summed E-state index contributed by atoms with van der Waals surface area (Å²) in [7, 11) is 1.94. The van der Waals surface area contributed by atoms with E-state index in [2.05, 4.69) is 39.9 Å². The number of carbonyl (C=O) groups is 5. The van der Waals surface area contributed by atoms with Crippen molar-refractivity contribution < 1.29 is 24.0 Å². The molecule has 0 N–H and O–H groups in total. The fraction of sp³-hybridized carbons (Fsp3) is 0.0899. The lowest BCUT2D eigenvalue weighted by Gasteiger charge is -2.22. The molecule has 0 saturated carbocycles. The molecule has 0 bridgehead atoms. The summed E-state index contributed by atoms with van der Waals surface area (Å²) in [4.78, 5) is 62.8. The molecule has 0 saturated heterocycles. The summed E-state index contributed by atoms with van der Waals surface area (Å²) in [6.45, 7) is 4.35. The molecule has 0 aliphatic rings. The Bertz CT molecular complexity index is 4460. The van der Waals surface area contributed by atoms with Crippen LogP contribution in [0.3, 0.4) is 0 Å². The highest BCUT2D eigenvalue weighted by Gasteiger charge is 2.18. The Hall–Kier alpha value is -9.69. The third kappa shape index (κ3) is 29.5. The summed E-state index contributed by atoms with van der Waals surface area (Å²) in [5.74, 6) is 6.51. The number of rotatable bonds is 19. The van der Waals surface area contributed by atoms with Crippen molar-refractivity contribution >= 4 is 139 Å². The number of hydrogen-bond acceptors (Lipinski definition) is 6. The first-order valence-corrected chi connectivity index (χ1v) is 36.0. The van der Waals surface area contributed by atoms with Crippen LogP contribution in [-0.4, -0.2) is 58.0 Å². The molecule has 11 rings (SSSR count). The highest BCUT2D eigenvalue weighted by atomic mass is 79.9. The van der Waals surface area contributed by atoms with Crippen LogP contribution in [0, 0.1) is 11.8 Å². The van der Waals surface area contributed by atoms with Gasteiger partial charge in [-0.3, -0.25) is 24.0 Å². The molecule has 102 heavy (non-hydrogen) atoms. The lowest BCUT2D eigenvalue weighted by Crippen LogP contribution is -2.23. The van der Waals surface area contributed by atoms with E-state index in [1.807, 2.05) is 317 Å². The molecule has 0 spiro atoms. The summed E-state index contributed by atoms with van der Waals surface area (Å²) in [6.07, 6.45) is 8.03. The van der Waals surface area contributed by atoms with Crippen LogP contribution in [0.1, 0.15) is 105 Å². The zero-order valence-corrected chi connectivity index (χ0v) is 62.5. The number of likely N-dealkylation sites (N-methyl/N-ethyl adjacent to an activating group) is 1. The van der Waals surface area contributed by atoms with Gasteiger partial charge in [-0.25, -0.2) is 0 Å². The van der Waals surface area contributed by atoms with Gasteiger partial charge in [0.05, 0.1) is 17.5 Å². The van der Waals surface area contributed by atoms with Gasteiger partial charge in [-0.1, -0.05) is 330 Å². The first-order valence-electron chi connectivity index (χ1n) is 32.3. The maximum atomic E-state index is 13.1. The number of ketones is 5. The van der Waals surface area contributed by atoms with E-state index in [4.69, 9.17) is 69.6 Å². The van der Waals surface area contributed by atoms with E-state index >= 15 is 0 Å². The predicted octanol–water partition coefficient (Wildman–Crippen LogP) is 24.7. The van der Waals surface area contributed by atoms with Crippen molar-refractivity contribution in [3.63, 3.8) is 0 Å². The van der Waals surface area contributed by atoms with Gasteiger partial charge >= 0.3 is 0 Å². The van der Waals surface area contributed by atoms with Crippen LogP contribution in [0.15, 0.2) is 332 Å². The topological polar surface area (TPSA) is 88.6 Å². The first kappa shape index (κ1) is 81.3. The first-order chi connectivity index (χ1) is 49.5. The van der Waals surface area contributed by atoms with Gasteiger partial charge in [0.25, 0.3) is 0 Å². The van der Waals surface area contributed by atoms with Crippen molar-refractivity contribution in [2.75, 3.05) is 24.1 Å². The summed E-state index contributed by atoms with van der Waals surface area (Å²) < 4.78 is 0. The smallest absolute Gasteiger partial charge is 0.209 e. The van der Waals surface area contributed by atoms with Gasteiger partial charge in [-0.05, 0) is 125 Å². The molecule has 6 nitrogen and oxygen atoms in total. The van der Waals surface area contributed by atoms with Crippen LogP contribution in [0.2, 0.25) is 20.1 Å². The minimum Gasteiger partial charge on any atom is -0.367 e. The van der Waals surface area contributed by atoms with E-state index in [1.54, 1.807) is 30.3 Å². The number of hydrogen-bond donors (Lipinski definition) is 0. The molecule has 0 unspecified atom stereocenters. The maximum Gasteiger partial charge on any atom is 0.209 e. The van der Waals surface area contributed by atoms with Crippen LogP contribution in [0.4, 0.5) is 0 Å². The second-order valence-corrected chi connectivity index (χ2v) is 25.1. The van der Waals surface area contributed by atoms with E-state index in [0.29, 0.717) is 88.9 Å². The highest BCUT2D eigenvalue weighted by molar-refractivity contribution is 9.09. The average molecular weight is 1530 g/mol. The summed E-state index contributed by atoms with van der Waals surface area (Å²) >= 11 is 38.1. The molecule has 0 radical (unpaired) electrons. The van der Waals surface area contributed by atoms with Crippen LogP contribution in [0.25, 0.3) is 24.3 Å². The van der Waals surface area contributed by atoms with Crippen LogP contribution in [0.5, 0.6) is 0 Å². The van der Waals surface area contributed by atoms with Crippen molar-refractivity contribution in [3.05, 3.63) is 413 Å². The van der Waals surface area contributed by atoms with Gasteiger partial charge in [0.2, 0.25) is 5.78 Å². The number of benzene rings is 11. The molecule has 0 aliphatic heterocycles. The van der Waals surface area contributed by atoms with E-state index in [9.17, 15) is 24.0 Å². The van der Waals surface area contributed by atoms with Crippen LogP contribution >= 0.6 is 85.5 Å². The zero-order valence-electron chi connectivity index (χ0n) is 56.4. The minimum atomic E-state index is -0.0504. The number of carbonyl (C=O) groups excluding carboxylic acids is 5. The molecule has 514 valence electrons. The third-order valence-corrected chi connectivity index (χ3v) is 16.7. The maximum absolute atomic E-state index is 13.1. The van der Waals surface area contributed by atoms with Crippen molar-refractivity contribution in [1.82, 2.24) is 4.90 Å². The van der Waals surface area contributed by atoms with Crippen molar-refractivity contribution in [2.24, 2.45) is 0 Å². The lowest BCUT2D eigenvalue weighted by atomic mass is 10.0. The SMILES string of the molecule is C/C(=C\c1ccc(Cl)cc1)C(=O)c1ccccc1.CCC(=O)c1ccccc1.CN(Cc1ccccc1)/C(=C\c1ccc(Cl)cc1)C(=O)c1ccccc1.ClCC#Cc1ccccc1.O=C(/C(=C/c1ccc(Cl)cc1)CBr)c1ccccc1.O=C(/C(=C/c1ccc(Cl)cc1)CCl)c1ccccc1. The molecule has 13 heteroatoms. The summed E-state index contributed by atoms with van der Waals surface area (Å²) in [5.41, 5.74) is 12.1. The van der Waals surface area contributed by atoms with Crippen molar-refractivity contribution in [1.29, 1.82) is 0 Å². The number of nitrogens with zero attached hydrogens (tertiary/aromatic N) is 1. The van der Waals surface area contributed by atoms with Gasteiger partial charge < -0.3 is 4.90 Å². The third-order valence-electron chi connectivity index (χ3n) is 14.6. The lowest BCUT2D eigenvalue weighted by molar-refractivity contribution is 0.0983. The van der Waals surface area contributed by atoms with Crippen LogP contribution < -0.4 is 0 Å². The second-order valence-electron chi connectivity index (χ2n) is 22.2. The normalized spacial score (nSPS) is 10.8. The molecule has 11 aromatic rings. The Balaban J connectivity index is 0.000000198. The van der Waals surface area contributed by atoms with Crippen molar-refractivity contribution in [3.8, 4) is 11.8 Å². The van der Waals surface area contributed by atoms with E-state index in [1.165, 1.54) is 0 Å². The zero-order chi connectivity index (χ0) is 73.3. The van der Waals surface area contributed by atoms with Gasteiger partial charge in [0.1, 0.15) is 0 Å². The Morgan fingerprint density at radius 1 is 0.382 bits per heavy atom. The molecular weight excluding hydrogens is 1460 g/mol. The number of halogens is 7. The monoisotopic (exact) mass is 1530 g/mol. The molecule has 0 aliphatic carbocycles. The quantitative estimate of drug-likeness (QED) is 0.0347. The summed E-state index contributed by atoms with van der Waals surface area (Å²) in [6, 6.07) is 95.8. The fourth-order valence-corrected chi connectivity index (χ4v) is 10.5. The Morgan fingerprint density at radius 2 is 0.696 bits per heavy atom. The Kier molecular flexibility index (Phi) is 36.6. The molecule has 0 amide bonds. The molecule has 0 heterocycles. The van der Waals surface area contributed by atoms with Crippen molar-refractivity contribution in [2.45, 2.75) is 26.8 Å². The number of alkyl halides is 3. The molecule has 0 aromatic heterocycles. The van der Waals surface area contributed by atoms with E-state index in [-0.39, 0.29) is 34.8 Å². The highest BCUT2D eigenvalue weighted by Crippen LogP contribution is 2.23. The van der Waals surface area contributed by atoms with Gasteiger partial charge in [-0.15, -0.1) is 23.2 Å². The number of Topliss-reactive ketones (excluding diaryl/α,β-unsaturated/α-hetero) is 5. The van der Waals surface area contributed by atoms with Gasteiger partial charge in [-0.2, -0.15) is 0 Å². The molecular formula is C89H74BrCl6NO5. The number of allylic oxidation sites excluding steroid dienone is 4. The fourth-order valence-electron chi connectivity index (χ4n) is 9.32. The van der Waals surface area contributed by atoms with E-state index in [0.717, 1.165) is 38.9 Å². The van der Waals surface area contributed by atoms with Gasteiger partial charge in [0, 0.05) is 90.0 Å². The average Bonchev–Trinajstić information content (AvgIpc) is 0.873. The predicted molar refractivity (Wildman–Crippen MR) is 434 cm³/mol. The molecule has 0 atom stereocenters. The Labute approximate surface area is 638 Å². The van der Waals surface area contributed by atoms with E-state index < -0.39 is 0 Å². The Morgan fingerprint density at radius 3 is 1.06 bits per heavy atom. The largest absolute Gasteiger partial charge is 0.367 e. The van der Waals surface area contributed by atoms with Gasteiger partial charge in [0.15, 0.2) is 23.1 Å². The molecule has 0 fully saturated rings.